The minimum absolute atomic E-state index is 0.347. The number of hydrogen-bond donors (Lipinski definition) is 1. The summed E-state index contributed by atoms with van der Waals surface area (Å²) in [5.41, 5.74) is 4.14. The molecule has 0 amide bonds. The molecule has 12 heavy (non-hydrogen) atoms. The van der Waals surface area contributed by atoms with Crippen LogP contribution in [0, 0.1) is 0 Å². The van der Waals surface area contributed by atoms with Crippen LogP contribution in [0.2, 0.25) is 0 Å². The summed E-state index contributed by atoms with van der Waals surface area (Å²) in [4.78, 5) is 3.72. The standard InChI is InChI=1S/C8H10F2N2/c1-8(11,7(9)10)6-3-2-4-12-5-6/h2-5,7H,11H2,1H3. The molecule has 2 nitrogen and oxygen atoms in total. The van der Waals surface area contributed by atoms with Crippen molar-refractivity contribution in [2.24, 2.45) is 5.73 Å². The number of pyridine rings is 1. The molecule has 0 radical (unpaired) electrons. The molecule has 0 aliphatic rings. The highest BCUT2D eigenvalue weighted by Gasteiger charge is 2.32. The molecule has 1 rings (SSSR count). The molecular formula is C8H10F2N2. The first-order chi connectivity index (χ1) is 5.55. The van der Waals surface area contributed by atoms with Gasteiger partial charge in [-0.1, -0.05) is 6.07 Å². The van der Waals surface area contributed by atoms with E-state index in [9.17, 15) is 8.78 Å². The van der Waals surface area contributed by atoms with Crippen LogP contribution < -0.4 is 5.73 Å². The van der Waals surface area contributed by atoms with Gasteiger partial charge < -0.3 is 5.73 Å². The fourth-order valence-electron chi connectivity index (χ4n) is 0.807. The van der Waals surface area contributed by atoms with Gasteiger partial charge >= 0.3 is 0 Å². The predicted octanol–water partition coefficient (Wildman–Crippen LogP) is 1.52. The molecule has 0 fully saturated rings. The number of rotatable bonds is 2. The molecule has 0 aromatic carbocycles. The van der Waals surface area contributed by atoms with Crippen molar-refractivity contribution in [1.29, 1.82) is 0 Å². The van der Waals surface area contributed by atoms with Crippen LogP contribution >= 0.6 is 0 Å². The molecule has 1 aromatic rings. The van der Waals surface area contributed by atoms with Gasteiger partial charge in [0.05, 0.1) is 0 Å². The van der Waals surface area contributed by atoms with E-state index in [2.05, 4.69) is 4.98 Å². The normalized spacial score (nSPS) is 16.1. The summed E-state index contributed by atoms with van der Waals surface area (Å²) >= 11 is 0. The molecule has 0 saturated carbocycles. The zero-order valence-electron chi connectivity index (χ0n) is 6.67. The number of nitrogens with two attached hydrogens (primary N) is 1. The van der Waals surface area contributed by atoms with Crippen LogP contribution in [-0.2, 0) is 5.54 Å². The third kappa shape index (κ3) is 1.58. The fourth-order valence-corrected chi connectivity index (χ4v) is 0.807. The van der Waals surface area contributed by atoms with E-state index in [4.69, 9.17) is 5.73 Å². The number of halogens is 2. The topological polar surface area (TPSA) is 38.9 Å². The largest absolute Gasteiger partial charge is 0.317 e. The van der Waals surface area contributed by atoms with E-state index in [0.29, 0.717) is 5.56 Å². The second-order valence-corrected chi connectivity index (χ2v) is 2.83. The Bertz CT molecular complexity index is 246. The molecule has 1 aromatic heterocycles. The lowest BCUT2D eigenvalue weighted by Crippen LogP contribution is -2.40. The Balaban J connectivity index is 2.98. The molecule has 1 heterocycles. The monoisotopic (exact) mass is 172 g/mol. The van der Waals surface area contributed by atoms with Gasteiger partial charge in [0.1, 0.15) is 5.54 Å². The lowest BCUT2D eigenvalue weighted by molar-refractivity contribution is 0.0623. The van der Waals surface area contributed by atoms with Crippen molar-refractivity contribution >= 4 is 0 Å². The van der Waals surface area contributed by atoms with Crippen LogP contribution in [-0.4, -0.2) is 11.4 Å². The molecular weight excluding hydrogens is 162 g/mol. The maximum atomic E-state index is 12.3. The van der Waals surface area contributed by atoms with Gasteiger partial charge in [0.2, 0.25) is 0 Å². The first-order valence-electron chi connectivity index (χ1n) is 3.52. The molecule has 0 spiro atoms. The quantitative estimate of drug-likeness (QED) is 0.734. The number of nitrogens with zero attached hydrogens (tertiary/aromatic N) is 1. The van der Waals surface area contributed by atoms with Gasteiger partial charge in [-0.15, -0.1) is 0 Å². The predicted molar refractivity (Wildman–Crippen MR) is 41.8 cm³/mol. The summed E-state index contributed by atoms with van der Waals surface area (Å²) < 4.78 is 24.7. The fraction of sp³-hybridized carbons (Fsp3) is 0.375. The molecule has 1 atom stereocenters. The van der Waals surface area contributed by atoms with Crippen LogP contribution in [0.15, 0.2) is 24.5 Å². The van der Waals surface area contributed by atoms with Crippen LogP contribution in [0.4, 0.5) is 8.78 Å². The van der Waals surface area contributed by atoms with Crippen LogP contribution in [0.3, 0.4) is 0 Å². The Kier molecular flexibility index (Phi) is 2.38. The zero-order chi connectivity index (χ0) is 9.19. The van der Waals surface area contributed by atoms with Gasteiger partial charge in [0.15, 0.2) is 0 Å². The highest BCUT2D eigenvalue weighted by Crippen LogP contribution is 2.23. The van der Waals surface area contributed by atoms with Gasteiger partial charge in [0.25, 0.3) is 6.43 Å². The SMILES string of the molecule is CC(N)(c1cccnc1)C(F)F. The van der Waals surface area contributed by atoms with E-state index in [1.54, 1.807) is 12.1 Å². The summed E-state index contributed by atoms with van der Waals surface area (Å²) in [6.07, 6.45) is 0.290. The number of hydrogen-bond acceptors (Lipinski definition) is 2. The Morgan fingerprint density at radius 3 is 2.67 bits per heavy atom. The van der Waals surface area contributed by atoms with Crippen molar-refractivity contribution in [3.63, 3.8) is 0 Å². The second-order valence-electron chi connectivity index (χ2n) is 2.83. The van der Waals surface area contributed by atoms with Gasteiger partial charge in [-0.2, -0.15) is 0 Å². The minimum atomic E-state index is -2.58. The third-order valence-electron chi connectivity index (χ3n) is 1.74. The molecule has 4 heteroatoms. The van der Waals surface area contributed by atoms with E-state index in [1.165, 1.54) is 19.3 Å². The summed E-state index contributed by atoms with van der Waals surface area (Å²) in [6.45, 7) is 1.29. The Labute approximate surface area is 69.4 Å². The summed E-state index contributed by atoms with van der Waals surface area (Å²) in [5.74, 6) is 0. The van der Waals surface area contributed by atoms with Crippen LogP contribution in [0.5, 0.6) is 0 Å². The number of aromatic nitrogens is 1. The molecule has 2 N–H and O–H groups in total. The molecule has 0 bridgehead atoms. The maximum Gasteiger partial charge on any atom is 0.260 e. The molecule has 0 aliphatic heterocycles. The van der Waals surface area contributed by atoms with Crippen molar-refractivity contribution in [3.05, 3.63) is 30.1 Å². The van der Waals surface area contributed by atoms with E-state index in [1.807, 2.05) is 0 Å². The molecule has 0 aliphatic carbocycles. The Hall–Kier alpha value is -1.03. The molecule has 66 valence electrons. The summed E-state index contributed by atoms with van der Waals surface area (Å²) in [7, 11) is 0. The van der Waals surface area contributed by atoms with Crippen molar-refractivity contribution in [2.75, 3.05) is 0 Å². The molecule has 0 saturated heterocycles. The van der Waals surface area contributed by atoms with Crippen molar-refractivity contribution in [1.82, 2.24) is 4.98 Å². The highest BCUT2D eigenvalue weighted by atomic mass is 19.3. The third-order valence-corrected chi connectivity index (χ3v) is 1.74. The first-order valence-corrected chi connectivity index (χ1v) is 3.52. The Morgan fingerprint density at radius 1 is 1.58 bits per heavy atom. The van der Waals surface area contributed by atoms with Crippen molar-refractivity contribution in [2.45, 2.75) is 18.9 Å². The maximum absolute atomic E-state index is 12.3. The van der Waals surface area contributed by atoms with Crippen molar-refractivity contribution < 1.29 is 8.78 Å². The lowest BCUT2D eigenvalue weighted by atomic mass is 9.96. The van der Waals surface area contributed by atoms with Gasteiger partial charge in [-0.25, -0.2) is 8.78 Å². The van der Waals surface area contributed by atoms with E-state index in [-0.39, 0.29) is 0 Å². The number of alkyl halides is 2. The second kappa shape index (κ2) is 3.15. The van der Waals surface area contributed by atoms with E-state index < -0.39 is 12.0 Å². The Morgan fingerprint density at radius 2 is 2.25 bits per heavy atom. The molecule has 1 unspecified atom stereocenters. The minimum Gasteiger partial charge on any atom is -0.317 e. The first kappa shape index (κ1) is 9.06. The van der Waals surface area contributed by atoms with E-state index >= 15 is 0 Å². The lowest BCUT2D eigenvalue weighted by Gasteiger charge is -2.23. The van der Waals surface area contributed by atoms with Gasteiger partial charge in [-0.05, 0) is 18.6 Å². The van der Waals surface area contributed by atoms with Crippen LogP contribution in [0.1, 0.15) is 12.5 Å². The average Bonchev–Trinajstić information content (AvgIpc) is 2.06. The average molecular weight is 172 g/mol. The zero-order valence-corrected chi connectivity index (χ0v) is 6.67. The van der Waals surface area contributed by atoms with Crippen LogP contribution in [0.25, 0.3) is 0 Å². The van der Waals surface area contributed by atoms with Gasteiger partial charge in [-0.3, -0.25) is 4.98 Å². The van der Waals surface area contributed by atoms with E-state index in [0.717, 1.165) is 0 Å². The summed E-state index contributed by atoms with van der Waals surface area (Å²) in [6, 6.07) is 3.13. The smallest absolute Gasteiger partial charge is 0.260 e. The summed E-state index contributed by atoms with van der Waals surface area (Å²) in [5, 5.41) is 0. The van der Waals surface area contributed by atoms with Crippen molar-refractivity contribution in [3.8, 4) is 0 Å². The van der Waals surface area contributed by atoms with Gasteiger partial charge in [0, 0.05) is 12.4 Å². The highest BCUT2D eigenvalue weighted by molar-refractivity contribution is 5.19.